The van der Waals surface area contributed by atoms with Crippen LogP contribution in [0.15, 0.2) is 17.3 Å². The molecule has 1 aromatic carbocycles. The van der Waals surface area contributed by atoms with Crippen LogP contribution in [0.3, 0.4) is 0 Å². The van der Waals surface area contributed by atoms with Crippen molar-refractivity contribution in [3.63, 3.8) is 0 Å². The van der Waals surface area contributed by atoms with E-state index in [4.69, 9.17) is 16.6 Å². The van der Waals surface area contributed by atoms with Crippen molar-refractivity contribution in [3.05, 3.63) is 17.2 Å². The number of piperazine rings is 1. The van der Waals surface area contributed by atoms with Crippen LogP contribution < -0.4 is 10.2 Å². The van der Waals surface area contributed by atoms with E-state index in [1.54, 1.807) is 0 Å². The van der Waals surface area contributed by atoms with Crippen LogP contribution in [-0.4, -0.2) is 66.4 Å². The molecule has 140 valence electrons. The van der Waals surface area contributed by atoms with Crippen LogP contribution in [0.4, 0.5) is 5.69 Å². The van der Waals surface area contributed by atoms with Crippen molar-refractivity contribution >= 4 is 64.9 Å². The standard InChI is InChI=1S/C16H22ClN5S.2ClH/c1-21-5-2-11(10-21)23-16-19-13-8-12(17)15(9-14(13)20-16)22-6-3-18-4-7-22;;/h8-9,11,18H,2-7,10H2,1H3,(H,19,20);2*1H. The summed E-state index contributed by atoms with van der Waals surface area (Å²) in [4.78, 5) is 12.9. The summed E-state index contributed by atoms with van der Waals surface area (Å²) in [5, 5.41) is 5.81. The number of hydrogen-bond donors (Lipinski definition) is 2. The third kappa shape index (κ3) is 4.67. The number of hydrogen-bond acceptors (Lipinski definition) is 5. The number of imidazole rings is 1. The number of H-pyrrole nitrogens is 1. The van der Waals surface area contributed by atoms with Gasteiger partial charge in [-0.15, -0.1) is 24.8 Å². The Labute approximate surface area is 170 Å². The van der Waals surface area contributed by atoms with Crippen LogP contribution in [0, 0.1) is 0 Å². The summed E-state index contributed by atoms with van der Waals surface area (Å²) < 4.78 is 0. The molecule has 1 unspecified atom stereocenters. The topological polar surface area (TPSA) is 47.2 Å². The molecule has 2 N–H and O–H groups in total. The maximum absolute atomic E-state index is 6.51. The van der Waals surface area contributed by atoms with Gasteiger partial charge in [0.1, 0.15) is 0 Å². The molecule has 0 aliphatic carbocycles. The average Bonchev–Trinajstić information content (AvgIpc) is 3.13. The first-order valence-electron chi connectivity index (χ1n) is 8.19. The van der Waals surface area contributed by atoms with Crippen molar-refractivity contribution in [1.29, 1.82) is 0 Å². The molecule has 1 atom stereocenters. The van der Waals surface area contributed by atoms with E-state index in [0.717, 1.165) is 59.6 Å². The third-order valence-electron chi connectivity index (χ3n) is 4.61. The molecular formula is C16H24Cl3N5S. The highest BCUT2D eigenvalue weighted by Gasteiger charge is 2.22. The molecule has 5 nitrogen and oxygen atoms in total. The highest BCUT2D eigenvalue weighted by atomic mass is 35.5. The molecule has 2 aliphatic heterocycles. The Morgan fingerprint density at radius 2 is 1.96 bits per heavy atom. The lowest BCUT2D eigenvalue weighted by Gasteiger charge is -2.30. The number of fused-ring (bicyclic) bond motifs is 1. The van der Waals surface area contributed by atoms with E-state index in [1.165, 1.54) is 13.0 Å². The number of anilines is 1. The number of nitrogens with zero attached hydrogens (tertiary/aromatic N) is 3. The highest BCUT2D eigenvalue weighted by molar-refractivity contribution is 7.99. The molecule has 2 saturated heterocycles. The van der Waals surface area contributed by atoms with Crippen molar-refractivity contribution in [2.24, 2.45) is 0 Å². The van der Waals surface area contributed by atoms with Gasteiger partial charge in [-0.05, 0) is 32.1 Å². The van der Waals surface area contributed by atoms with Gasteiger partial charge in [0.25, 0.3) is 0 Å². The molecule has 3 heterocycles. The number of nitrogens with one attached hydrogen (secondary N) is 2. The third-order valence-corrected chi connectivity index (χ3v) is 6.05. The van der Waals surface area contributed by atoms with Gasteiger partial charge in [0.05, 0.1) is 21.7 Å². The monoisotopic (exact) mass is 423 g/mol. The quantitative estimate of drug-likeness (QED) is 0.792. The van der Waals surface area contributed by atoms with Gasteiger partial charge in [-0.3, -0.25) is 0 Å². The number of benzene rings is 1. The van der Waals surface area contributed by atoms with E-state index in [9.17, 15) is 0 Å². The van der Waals surface area contributed by atoms with E-state index in [2.05, 4.69) is 33.2 Å². The maximum atomic E-state index is 6.51. The summed E-state index contributed by atoms with van der Waals surface area (Å²) in [6, 6.07) is 4.15. The smallest absolute Gasteiger partial charge is 0.166 e. The minimum Gasteiger partial charge on any atom is -0.368 e. The SMILES string of the molecule is CN1CCC(Sc2nc3cc(Cl)c(N4CCNCC4)cc3[nH]2)C1.Cl.Cl. The van der Waals surface area contributed by atoms with Crippen molar-refractivity contribution < 1.29 is 0 Å². The van der Waals surface area contributed by atoms with Gasteiger partial charge < -0.3 is 20.1 Å². The molecule has 0 amide bonds. The Balaban J connectivity index is 0.00000113. The Kier molecular flexibility index (Phi) is 7.55. The van der Waals surface area contributed by atoms with Crippen molar-refractivity contribution in [2.45, 2.75) is 16.8 Å². The highest BCUT2D eigenvalue weighted by Crippen LogP contribution is 2.33. The van der Waals surface area contributed by atoms with Crippen molar-refractivity contribution in [2.75, 3.05) is 51.2 Å². The van der Waals surface area contributed by atoms with E-state index in [1.807, 2.05) is 17.8 Å². The van der Waals surface area contributed by atoms with E-state index >= 15 is 0 Å². The molecule has 25 heavy (non-hydrogen) atoms. The summed E-state index contributed by atoms with van der Waals surface area (Å²) >= 11 is 8.36. The van der Waals surface area contributed by atoms with Crippen LogP contribution in [-0.2, 0) is 0 Å². The summed E-state index contributed by atoms with van der Waals surface area (Å²) in [5.41, 5.74) is 3.15. The summed E-state index contributed by atoms with van der Waals surface area (Å²) in [6.45, 7) is 6.32. The van der Waals surface area contributed by atoms with Crippen molar-refractivity contribution in [3.8, 4) is 0 Å². The number of halogens is 3. The summed E-state index contributed by atoms with van der Waals surface area (Å²) in [7, 11) is 2.18. The lowest BCUT2D eigenvalue weighted by atomic mass is 10.2. The molecule has 2 fully saturated rings. The first kappa shape index (κ1) is 20.9. The van der Waals surface area contributed by atoms with E-state index < -0.39 is 0 Å². The predicted molar refractivity (Wildman–Crippen MR) is 112 cm³/mol. The maximum Gasteiger partial charge on any atom is 0.166 e. The zero-order chi connectivity index (χ0) is 15.8. The second-order valence-corrected chi connectivity index (χ2v) is 8.09. The van der Waals surface area contributed by atoms with Gasteiger partial charge in [-0.1, -0.05) is 23.4 Å². The molecule has 0 saturated carbocycles. The molecular weight excluding hydrogens is 401 g/mol. The number of thioether (sulfide) groups is 1. The fraction of sp³-hybridized carbons (Fsp3) is 0.562. The molecule has 0 spiro atoms. The first-order valence-corrected chi connectivity index (χ1v) is 9.45. The minimum atomic E-state index is 0. The van der Waals surface area contributed by atoms with Gasteiger partial charge in [0, 0.05) is 38.0 Å². The molecule has 2 aromatic rings. The predicted octanol–water partition coefficient (Wildman–Crippen LogP) is 3.27. The van der Waals surface area contributed by atoms with Crippen LogP contribution >= 0.6 is 48.2 Å². The second-order valence-electron chi connectivity index (χ2n) is 6.39. The van der Waals surface area contributed by atoms with E-state index in [0.29, 0.717) is 5.25 Å². The van der Waals surface area contributed by atoms with Gasteiger partial charge in [-0.25, -0.2) is 4.98 Å². The molecule has 4 rings (SSSR count). The molecule has 0 radical (unpaired) electrons. The largest absolute Gasteiger partial charge is 0.368 e. The first-order chi connectivity index (χ1) is 11.2. The Morgan fingerprint density at radius 3 is 2.64 bits per heavy atom. The lowest BCUT2D eigenvalue weighted by Crippen LogP contribution is -2.43. The van der Waals surface area contributed by atoms with Gasteiger partial charge in [-0.2, -0.15) is 0 Å². The number of likely N-dealkylation sites (tertiary alicyclic amines) is 1. The Morgan fingerprint density at radius 1 is 1.20 bits per heavy atom. The van der Waals surface area contributed by atoms with Gasteiger partial charge in [0.2, 0.25) is 0 Å². The minimum absolute atomic E-state index is 0. The van der Waals surface area contributed by atoms with Crippen LogP contribution in [0.2, 0.25) is 5.02 Å². The lowest BCUT2D eigenvalue weighted by molar-refractivity contribution is 0.419. The number of rotatable bonds is 3. The van der Waals surface area contributed by atoms with Gasteiger partial charge in [0.15, 0.2) is 5.16 Å². The summed E-state index contributed by atoms with van der Waals surface area (Å²) in [5.74, 6) is 0. The van der Waals surface area contributed by atoms with Crippen molar-refractivity contribution in [1.82, 2.24) is 20.2 Å². The normalized spacial score (nSPS) is 21.2. The van der Waals surface area contributed by atoms with Crippen LogP contribution in [0.1, 0.15) is 6.42 Å². The van der Waals surface area contributed by atoms with Crippen LogP contribution in [0.25, 0.3) is 11.0 Å². The zero-order valence-corrected chi connectivity index (χ0v) is 17.3. The Hall–Kier alpha value is -0.370. The molecule has 0 bridgehead atoms. The molecule has 1 aromatic heterocycles. The molecule has 9 heteroatoms. The average molecular weight is 425 g/mol. The zero-order valence-electron chi connectivity index (χ0n) is 14.1. The van der Waals surface area contributed by atoms with Gasteiger partial charge >= 0.3 is 0 Å². The van der Waals surface area contributed by atoms with Crippen LogP contribution in [0.5, 0.6) is 0 Å². The summed E-state index contributed by atoms with van der Waals surface area (Å²) in [6.07, 6.45) is 1.23. The Bertz CT molecular complexity index is 704. The second kappa shape index (κ2) is 9.02. The molecule has 2 aliphatic rings. The fourth-order valence-electron chi connectivity index (χ4n) is 3.35. The fourth-order valence-corrected chi connectivity index (χ4v) is 4.81. The number of aromatic amines is 1. The number of aromatic nitrogens is 2. The van der Waals surface area contributed by atoms with E-state index in [-0.39, 0.29) is 24.8 Å².